The van der Waals surface area contributed by atoms with E-state index in [9.17, 15) is 9.18 Å². The predicted molar refractivity (Wildman–Crippen MR) is 108 cm³/mol. The van der Waals surface area contributed by atoms with Gasteiger partial charge in [0.2, 0.25) is 0 Å². The second kappa shape index (κ2) is 8.56. The summed E-state index contributed by atoms with van der Waals surface area (Å²) in [6.07, 6.45) is 0. The number of carbonyl (C=O) groups is 1. The summed E-state index contributed by atoms with van der Waals surface area (Å²) >= 11 is 0. The first kappa shape index (κ1) is 20.1. The molecule has 0 aliphatic carbocycles. The van der Waals surface area contributed by atoms with Crippen molar-refractivity contribution in [1.82, 2.24) is 10.3 Å². The highest BCUT2D eigenvalue weighted by atomic mass is 19.1. The number of aromatic nitrogens is 1. The SMILES string of the molecule is Cc1cc(N2CCOC[C@H]2C)nc(N(C)C)c1C(=O)NCc1ccc(F)cc1. The highest BCUT2D eigenvalue weighted by Crippen LogP contribution is 2.27. The van der Waals surface area contributed by atoms with Crippen molar-refractivity contribution < 1.29 is 13.9 Å². The van der Waals surface area contributed by atoms with Crippen LogP contribution in [0.5, 0.6) is 0 Å². The molecule has 1 atom stereocenters. The van der Waals surface area contributed by atoms with E-state index in [4.69, 9.17) is 9.72 Å². The van der Waals surface area contributed by atoms with Crippen LogP contribution in [0.1, 0.15) is 28.4 Å². The molecule has 28 heavy (non-hydrogen) atoms. The highest BCUT2D eigenvalue weighted by molar-refractivity contribution is 6.00. The fourth-order valence-electron chi connectivity index (χ4n) is 3.33. The smallest absolute Gasteiger partial charge is 0.255 e. The number of morpholine rings is 1. The lowest BCUT2D eigenvalue weighted by Crippen LogP contribution is -2.44. The van der Waals surface area contributed by atoms with Gasteiger partial charge in [0.1, 0.15) is 17.5 Å². The molecule has 1 amide bonds. The third-order valence-corrected chi connectivity index (χ3v) is 4.86. The summed E-state index contributed by atoms with van der Waals surface area (Å²) < 4.78 is 18.6. The Morgan fingerprint density at radius 2 is 2.07 bits per heavy atom. The van der Waals surface area contributed by atoms with Crippen LogP contribution >= 0.6 is 0 Å². The summed E-state index contributed by atoms with van der Waals surface area (Å²) in [5.74, 6) is 0.995. The van der Waals surface area contributed by atoms with Crippen LogP contribution in [0, 0.1) is 12.7 Å². The van der Waals surface area contributed by atoms with Crippen molar-refractivity contribution in [1.29, 1.82) is 0 Å². The van der Waals surface area contributed by atoms with E-state index in [-0.39, 0.29) is 17.8 Å². The van der Waals surface area contributed by atoms with E-state index in [2.05, 4.69) is 17.1 Å². The van der Waals surface area contributed by atoms with Crippen molar-refractivity contribution in [2.45, 2.75) is 26.4 Å². The number of hydrogen-bond acceptors (Lipinski definition) is 5. The minimum atomic E-state index is -0.294. The maximum Gasteiger partial charge on any atom is 0.255 e. The molecular weight excluding hydrogens is 359 g/mol. The first-order valence-corrected chi connectivity index (χ1v) is 9.43. The molecule has 1 N–H and O–H groups in total. The number of amides is 1. The van der Waals surface area contributed by atoms with Crippen molar-refractivity contribution in [2.75, 3.05) is 43.7 Å². The Morgan fingerprint density at radius 3 is 2.71 bits per heavy atom. The third-order valence-electron chi connectivity index (χ3n) is 4.86. The number of carbonyl (C=O) groups excluding carboxylic acids is 1. The van der Waals surface area contributed by atoms with E-state index in [1.54, 1.807) is 12.1 Å². The van der Waals surface area contributed by atoms with Gasteiger partial charge >= 0.3 is 0 Å². The molecule has 1 aromatic heterocycles. The van der Waals surface area contributed by atoms with Gasteiger partial charge in [0.15, 0.2) is 0 Å². The Kier molecular flexibility index (Phi) is 6.14. The molecule has 2 heterocycles. The van der Waals surface area contributed by atoms with Crippen molar-refractivity contribution in [3.05, 3.63) is 52.8 Å². The average Bonchev–Trinajstić information content (AvgIpc) is 2.67. The fourth-order valence-corrected chi connectivity index (χ4v) is 3.33. The molecule has 0 radical (unpaired) electrons. The van der Waals surface area contributed by atoms with Crippen molar-refractivity contribution >= 4 is 17.5 Å². The molecule has 0 saturated carbocycles. The second-order valence-corrected chi connectivity index (χ2v) is 7.32. The highest BCUT2D eigenvalue weighted by Gasteiger charge is 2.24. The van der Waals surface area contributed by atoms with Crippen molar-refractivity contribution in [3.63, 3.8) is 0 Å². The molecule has 0 spiro atoms. The Balaban J connectivity index is 1.84. The van der Waals surface area contributed by atoms with E-state index in [1.807, 2.05) is 32.0 Å². The van der Waals surface area contributed by atoms with Crippen molar-refractivity contribution in [2.24, 2.45) is 0 Å². The first-order chi connectivity index (χ1) is 13.4. The van der Waals surface area contributed by atoms with Gasteiger partial charge in [-0.3, -0.25) is 4.79 Å². The lowest BCUT2D eigenvalue weighted by atomic mass is 10.1. The zero-order valence-corrected chi connectivity index (χ0v) is 16.8. The van der Waals surface area contributed by atoms with Gasteiger partial charge in [-0.15, -0.1) is 0 Å². The molecule has 1 aliphatic heterocycles. The molecular formula is C21H27FN4O2. The van der Waals surface area contributed by atoms with Crippen LogP contribution in [0.2, 0.25) is 0 Å². The number of rotatable bonds is 5. The minimum Gasteiger partial charge on any atom is -0.377 e. The fraction of sp³-hybridized carbons (Fsp3) is 0.429. The molecule has 1 aliphatic rings. The number of halogens is 1. The van der Waals surface area contributed by atoms with Crippen LogP contribution in [0.15, 0.2) is 30.3 Å². The van der Waals surface area contributed by atoms with Crippen molar-refractivity contribution in [3.8, 4) is 0 Å². The number of aryl methyl sites for hydroxylation is 1. The number of pyridine rings is 1. The Hall–Kier alpha value is -2.67. The monoisotopic (exact) mass is 386 g/mol. The van der Waals surface area contributed by atoms with Gasteiger partial charge in [-0.25, -0.2) is 9.37 Å². The summed E-state index contributed by atoms with van der Waals surface area (Å²) in [5.41, 5.74) is 2.26. The molecule has 2 aromatic rings. The van der Waals surface area contributed by atoms with Crippen LogP contribution in [-0.4, -0.2) is 50.8 Å². The molecule has 0 unspecified atom stereocenters. The Bertz CT molecular complexity index is 839. The van der Waals surface area contributed by atoms with Crippen LogP contribution in [0.4, 0.5) is 16.0 Å². The molecule has 0 bridgehead atoms. The van der Waals surface area contributed by atoms with Gasteiger partial charge in [0.25, 0.3) is 5.91 Å². The van der Waals surface area contributed by atoms with Gasteiger partial charge in [0, 0.05) is 27.2 Å². The van der Waals surface area contributed by atoms with E-state index in [0.29, 0.717) is 31.1 Å². The zero-order valence-electron chi connectivity index (χ0n) is 16.8. The number of hydrogen-bond donors (Lipinski definition) is 1. The second-order valence-electron chi connectivity index (χ2n) is 7.32. The lowest BCUT2D eigenvalue weighted by molar-refractivity contribution is 0.0949. The summed E-state index contributed by atoms with van der Waals surface area (Å²) in [6.45, 7) is 6.47. The van der Waals surface area contributed by atoms with E-state index >= 15 is 0 Å². The first-order valence-electron chi connectivity index (χ1n) is 9.43. The molecule has 6 nitrogen and oxygen atoms in total. The van der Waals surface area contributed by atoms with E-state index in [1.165, 1.54) is 12.1 Å². The third kappa shape index (κ3) is 4.42. The number of ether oxygens (including phenoxy) is 1. The van der Waals surface area contributed by atoms with Gasteiger partial charge < -0.3 is 19.9 Å². The Labute approximate surface area is 165 Å². The molecule has 1 saturated heterocycles. The zero-order chi connectivity index (χ0) is 20.3. The van der Waals surface area contributed by atoms with Gasteiger partial charge in [0.05, 0.1) is 24.8 Å². The molecule has 7 heteroatoms. The quantitative estimate of drug-likeness (QED) is 0.856. The normalized spacial score (nSPS) is 16.8. The topological polar surface area (TPSA) is 57.7 Å². The van der Waals surface area contributed by atoms with Gasteiger partial charge in [-0.05, 0) is 43.2 Å². The Morgan fingerprint density at radius 1 is 1.36 bits per heavy atom. The van der Waals surface area contributed by atoms with Crippen LogP contribution in [-0.2, 0) is 11.3 Å². The number of benzene rings is 1. The minimum absolute atomic E-state index is 0.195. The van der Waals surface area contributed by atoms with E-state index < -0.39 is 0 Å². The predicted octanol–water partition coefficient (Wildman–Crippen LogP) is 2.75. The van der Waals surface area contributed by atoms with Crippen LogP contribution < -0.4 is 15.1 Å². The molecule has 150 valence electrons. The van der Waals surface area contributed by atoms with Gasteiger partial charge in [-0.1, -0.05) is 12.1 Å². The largest absolute Gasteiger partial charge is 0.377 e. The maximum atomic E-state index is 13.1. The molecule has 1 aromatic carbocycles. The van der Waals surface area contributed by atoms with E-state index in [0.717, 1.165) is 23.5 Å². The summed E-state index contributed by atoms with van der Waals surface area (Å²) in [5, 5.41) is 2.92. The maximum absolute atomic E-state index is 13.1. The van der Waals surface area contributed by atoms with Gasteiger partial charge in [-0.2, -0.15) is 0 Å². The summed E-state index contributed by atoms with van der Waals surface area (Å²) in [7, 11) is 3.76. The number of nitrogens with zero attached hydrogens (tertiary/aromatic N) is 3. The van der Waals surface area contributed by atoms with Crippen LogP contribution in [0.3, 0.4) is 0 Å². The number of nitrogens with one attached hydrogen (secondary N) is 1. The average molecular weight is 386 g/mol. The standard InChI is InChI=1S/C21H27FN4O2/c1-14-11-18(26-9-10-28-13-15(26)2)24-20(25(3)4)19(14)21(27)23-12-16-5-7-17(22)8-6-16/h5-8,11,15H,9-10,12-13H2,1-4H3,(H,23,27)/t15-/m1/s1. The van der Waals surface area contributed by atoms with Crippen LogP contribution in [0.25, 0.3) is 0 Å². The summed E-state index contributed by atoms with van der Waals surface area (Å²) in [6, 6.07) is 8.29. The number of anilines is 2. The molecule has 3 rings (SSSR count). The summed E-state index contributed by atoms with van der Waals surface area (Å²) in [4.78, 5) is 21.7. The lowest BCUT2D eigenvalue weighted by Gasteiger charge is -2.35. The molecule has 1 fully saturated rings.